The van der Waals surface area contributed by atoms with E-state index in [1.54, 1.807) is 0 Å². The quantitative estimate of drug-likeness (QED) is 0.812. The van der Waals surface area contributed by atoms with Crippen LogP contribution in [0.5, 0.6) is 0 Å². The molecule has 0 aromatic heterocycles. The molecule has 0 amide bonds. The van der Waals surface area contributed by atoms with Crippen LogP contribution in [0.2, 0.25) is 0 Å². The van der Waals surface area contributed by atoms with Crippen LogP contribution in [-0.4, -0.2) is 23.8 Å². The van der Waals surface area contributed by atoms with Gasteiger partial charge in [0.05, 0.1) is 6.10 Å². The Labute approximate surface area is 133 Å². The lowest BCUT2D eigenvalue weighted by molar-refractivity contribution is -0.155. The van der Waals surface area contributed by atoms with Gasteiger partial charge in [0.25, 0.3) is 0 Å². The summed E-state index contributed by atoms with van der Waals surface area (Å²) in [7, 11) is 0. The van der Waals surface area contributed by atoms with Crippen molar-refractivity contribution in [2.24, 2.45) is 5.92 Å². The Hall–Kier alpha value is -1.35. The lowest BCUT2D eigenvalue weighted by atomic mass is 9.64. The lowest BCUT2D eigenvalue weighted by Gasteiger charge is -2.43. The first-order chi connectivity index (χ1) is 10.6. The molecule has 0 aliphatic heterocycles. The van der Waals surface area contributed by atoms with E-state index >= 15 is 0 Å². The van der Waals surface area contributed by atoms with Crippen LogP contribution in [0.25, 0.3) is 0 Å². The fourth-order valence-electron chi connectivity index (χ4n) is 3.81. The first kappa shape index (κ1) is 17.0. The molecule has 0 heterocycles. The zero-order valence-electron chi connectivity index (χ0n) is 13.8. The number of hydrogen-bond acceptors (Lipinski definition) is 2. The molecular formula is C19H28O3. The standard InChI is InChI=1S/C19H28O3/c1-3-5-9-15-12-13-19(18(20)21,17(14-15)22-4-2)16-10-7-6-8-11-16/h6-8,10-11,15,17H,3-5,9,12-14H2,1-2H3,(H,20,21)/t15-,17+,19?/m1/s1. The molecule has 1 N–H and O–H groups in total. The van der Waals surface area contributed by atoms with Crippen molar-refractivity contribution < 1.29 is 14.6 Å². The smallest absolute Gasteiger partial charge is 0.316 e. The van der Waals surface area contributed by atoms with Crippen molar-refractivity contribution in [1.82, 2.24) is 0 Å². The third-order valence-corrected chi connectivity index (χ3v) is 5.05. The van der Waals surface area contributed by atoms with Crippen LogP contribution in [0, 0.1) is 5.92 Å². The monoisotopic (exact) mass is 304 g/mol. The molecule has 3 atom stereocenters. The van der Waals surface area contributed by atoms with E-state index in [9.17, 15) is 9.90 Å². The Morgan fingerprint density at radius 2 is 2.05 bits per heavy atom. The second-order valence-electron chi connectivity index (χ2n) is 6.37. The van der Waals surface area contributed by atoms with Crippen molar-refractivity contribution >= 4 is 5.97 Å². The average Bonchev–Trinajstić information content (AvgIpc) is 2.54. The van der Waals surface area contributed by atoms with Crippen molar-refractivity contribution in [3.05, 3.63) is 35.9 Å². The third kappa shape index (κ3) is 3.35. The molecule has 1 unspecified atom stereocenters. The van der Waals surface area contributed by atoms with Gasteiger partial charge in [-0.15, -0.1) is 0 Å². The van der Waals surface area contributed by atoms with E-state index in [0.717, 1.165) is 18.4 Å². The molecule has 1 aromatic carbocycles. The van der Waals surface area contributed by atoms with E-state index in [4.69, 9.17) is 4.74 Å². The molecule has 3 nitrogen and oxygen atoms in total. The lowest BCUT2D eigenvalue weighted by Crippen LogP contribution is -2.51. The summed E-state index contributed by atoms with van der Waals surface area (Å²) in [6.45, 7) is 4.72. The molecule has 1 aromatic rings. The second-order valence-corrected chi connectivity index (χ2v) is 6.37. The van der Waals surface area contributed by atoms with Crippen LogP contribution >= 0.6 is 0 Å². The summed E-state index contributed by atoms with van der Waals surface area (Å²) in [6.07, 6.45) is 5.87. The molecule has 122 valence electrons. The number of aliphatic carboxylic acids is 1. The number of rotatable bonds is 7. The molecule has 1 aliphatic rings. The normalized spacial score (nSPS) is 28.5. The molecule has 0 saturated heterocycles. The molecule has 0 spiro atoms. The summed E-state index contributed by atoms with van der Waals surface area (Å²) < 4.78 is 5.94. The number of carboxylic acids is 1. The Balaban J connectivity index is 2.29. The van der Waals surface area contributed by atoms with Gasteiger partial charge in [0, 0.05) is 6.61 Å². The van der Waals surface area contributed by atoms with Crippen LogP contribution in [0.3, 0.4) is 0 Å². The van der Waals surface area contributed by atoms with Gasteiger partial charge in [-0.25, -0.2) is 0 Å². The van der Waals surface area contributed by atoms with Crippen LogP contribution in [0.4, 0.5) is 0 Å². The van der Waals surface area contributed by atoms with Gasteiger partial charge in [0.15, 0.2) is 0 Å². The van der Waals surface area contributed by atoms with Crippen molar-refractivity contribution in [3.63, 3.8) is 0 Å². The second kappa shape index (κ2) is 7.77. The largest absolute Gasteiger partial charge is 0.481 e. The molecular weight excluding hydrogens is 276 g/mol. The summed E-state index contributed by atoms with van der Waals surface area (Å²) >= 11 is 0. The highest BCUT2D eigenvalue weighted by Gasteiger charge is 2.51. The van der Waals surface area contributed by atoms with E-state index in [1.165, 1.54) is 19.3 Å². The average molecular weight is 304 g/mol. The number of carbonyl (C=O) groups is 1. The molecule has 1 fully saturated rings. The summed E-state index contributed by atoms with van der Waals surface area (Å²) in [5, 5.41) is 10.0. The topological polar surface area (TPSA) is 46.5 Å². The summed E-state index contributed by atoms with van der Waals surface area (Å²) in [6, 6.07) is 9.65. The third-order valence-electron chi connectivity index (χ3n) is 5.05. The highest BCUT2D eigenvalue weighted by Crippen LogP contribution is 2.45. The van der Waals surface area contributed by atoms with E-state index in [-0.39, 0.29) is 6.10 Å². The van der Waals surface area contributed by atoms with Gasteiger partial charge in [-0.1, -0.05) is 56.5 Å². The Bertz CT molecular complexity index is 471. The number of ether oxygens (including phenoxy) is 1. The maximum absolute atomic E-state index is 12.2. The minimum atomic E-state index is -0.889. The minimum absolute atomic E-state index is 0.229. The Morgan fingerprint density at radius 1 is 1.32 bits per heavy atom. The van der Waals surface area contributed by atoms with Crippen molar-refractivity contribution in [2.45, 2.75) is 63.9 Å². The van der Waals surface area contributed by atoms with Gasteiger partial charge in [-0.3, -0.25) is 4.79 Å². The van der Waals surface area contributed by atoms with Crippen LogP contribution in [0.15, 0.2) is 30.3 Å². The molecule has 1 aliphatic carbocycles. The van der Waals surface area contributed by atoms with Crippen LogP contribution in [-0.2, 0) is 14.9 Å². The first-order valence-electron chi connectivity index (χ1n) is 8.55. The molecule has 1 saturated carbocycles. The number of benzene rings is 1. The van der Waals surface area contributed by atoms with Crippen molar-refractivity contribution in [2.75, 3.05) is 6.61 Å². The minimum Gasteiger partial charge on any atom is -0.481 e. The molecule has 2 rings (SSSR count). The number of unbranched alkanes of at least 4 members (excludes halogenated alkanes) is 1. The Morgan fingerprint density at radius 3 is 2.64 bits per heavy atom. The maximum atomic E-state index is 12.2. The van der Waals surface area contributed by atoms with Gasteiger partial charge in [-0.2, -0.15) is 0 Å². The van der Waals surface area contributed by atoms with E-state index in [0.29, 0.717) is 18.9 Å². The fraction of sp³-hybridized carbons (Fsp3) is 0.632. The van der Waals surface area contributed by atoms with Gasteiger partial charge in [-0.05, 0) is 37.7 Å². The SMILES string of the molecule is CCCC[C@@H]1CCC(C(=O)O)(c2ccccc2)[C@@H](OCC)C1. The Kier molecular flexibility index (Phi) is 6.01. The molecule has 0 radical (unpaired) electrons. The zero-order chi connectivity index (χ0) is 16.0. The van der Waals surface area contributed by atoms with Crippen molar-refractivity contribution in [3.8, 4) is 0 Å². The van der Waals surface area contributed by atoms with Crippen LogP contribution in [0.1, 0.15) is 57.9 Å². The molecule has 22 heavy (non-hydrogen) atoms. The summed E-state index contributed by atoms with van der Waals surface area (Å²) in [5.41, 5.74) is -0.00475. The first-order valence-corrected chi connectivity index (χ1v) is 8.55. The van der Waals surface area contributed by atoms with Crippen molar-refractivity contribution in [1.29, 1.82) is 0 Å². The van der Waals surface area contributed by atoms with E-state index in [1.807, 2.05) is 37.3 Å². The fourth-order valence-corrected chi connectivity index (χ4v) is 3.81. The number of carboxylic acid groups (broad SMARTS) is 1. The predicted molar refractivity (Wildman–Crippen MR) is 88.0 cm³/mol. The summed E-state index contributed by atoms with van der Waals surface area (Å²) in [4.78, 5) is 12.2. The van der Waals surface area contributed by atoms with Crippen LogP contribution < -0.4 is 0 Å². The predicted octanol–water partition coefficient (Wildman–Crippen LogP) is 4.40. The van der Waals surface area contributed by atoms with Gasteiger partial charge >= 0.3 is 5.97 Å². The number of hydrogen-bond donors (Lipinski definition) is 1. The van der Waals surface area contributed by atoms with Gasteiger partial charge < -0.3 is 9.84 Å². The van der Waals surface area contributed by atoms with Gasteiger partial charge in [0.2, 0.25) is 0 Å². The maximum Gasteiger partial charge on any atom is 0.316 e. The summed E-state index contributed by atoms with van der Waals surface area (Å²) in [5.74, 6) is -0.154. The van der Waals surface area contributed by atoms with E-state index < -0.39 is 11.4 Å². The molecule has 0 bridgehead atoms. The van der Waals surface area contributed by atoms with Gasteiger partial charge in [0.1, 0.15) is 5.41 Å². The highest BCUT2D eigenvalue weighted by molar-refractivity contribution is 5.82. The zero-order valence-corrected chi connectivity index (χ0v) is 13.8. The highest BCUT2D eigenvalue weighted by atomic mass is 16.5. The van der Waals surface area contributed by atoms with E-state index in [2.05, 4.69) is 6.92 Å². The molecule has 3 heteroatoms.